The molecule has 65 heavy (non-hydrogen) atoms. The average Bonchev–Trinajstić information content (AvgIpc) is 3.31. The number of H-pyrrole nitrogens is 1. The summed E-state index contributed by atoms with van der Waals surface area (Å²) in [5.41, 5.74) is 8.30. The minimum Gasteiger partial charge on any atom is -0.506 e. The molecule has 0 bridgehead atoms. The zero-order valence-corrected chi connectivity index (χ0v) is 36.9. The minimum atomic E-state index is -0.857. The molecular formula is C52H58N6O7. The normalized spacial score (nSPS) is 14.1. The number of anilines is 1. The van der Waals surface area contributed by atoms with E-state index in [2.05, 4.69) is 50.2 Å². The van der Waals surface area contributed by atoms with E-state index in [0.717, 1.165) is 52.0 Å². The summed E-state index contributed by atoms with van der Waals surface area (Å²) in [5.74, 6) is -0.176. The van der Waals surface area contributed by atoms with Crippen LogP contribution in [0.25, 0.3) is 22.0 Å². The molecule has 13 heteroatoms. The summed E-state index contributed by atoms with van der Waals surface area (Å²) in [5, 5.41) is 34.1. The quantitative estimate of drug-likeness (QED) is 0.0476. The maximum Gasteiger partial charge on any atom is 0.411 e. The molecule has 7 N–H and O–H groups in total. The van der Waals surface area contributed by atoms with Crippen molar-refractivity contribution in [2.24, 2.45) is 0 Å². The molecule has 3 amide bonds. The summed E-state index contributed by atoms with van der Waals surface area (Å²) in [4.78, 5) is 55.1. The molecule has 338 valence electrons. The van der Waals surface area contributed by atoms with Gasteiger partial charge in [-0.1, -0.05) is 97.1 Å². The van der Waals surface area contributed by atoms with Crippen LogP contribution in [-0.4, -0.2) is 76.3 Å². The maximum absolute atomic E-state index is 12.9. The number of aromatic hydroxyl groups is 1. The second-order valence-corrected chi connectivity index (χ2v) is 16.9. The third kappa shape index (κ3) is 13.1. The van der Waals surface area contributed by atoms with Gasteiger partial charge in [0.2, 0.25) is 17.4 Å². The monoisotopic (exact) mass is 878 g/mol. The highest BCUT2D eigenvalue weighted by atomic mass is 16.6. The molecule has 7 rings (SSSR count). The number of carbonyl (C=O) groups is 3. The number of aliphatic hydroxyl groups excluding tert-OH is 1. The fourth-order valence-corrected chi connectivity index (χ4v) is 8.20. The smallest absolute Gasteiger partial charge is 0.411 e. The Morgan fingerprint density at radius 3 is 2.29 bits per heavy atom. The van der Waals surface area contributed by atoms with Gasteiger partial charge in [-0.05, 0) is 90.3 Å². The SMILES string of the molecule is Cc1ccc(CNC(=O)Cc2ccc(CNC(=O)CCN3CCC(OC(=O)Nc4ccccc4-c4ccccc4)CC3)cc2)cc1CC(C)NC[C@@H](O)c1ccc(O)c2[nH]c(=O)ccc12. The van der Waals surface area contributed by atoms with Crippen LogP contribution in [0.3, 0.4) is 0 Å². The molecule has 0 spiro atoms. The lowest BCUT2D eigenvalue weighted by molar-refractivity contribution is -0.122. The molecule has 6 aromatic rings. The van der Waals surface area contributed by atoms with Gasteiger partial charge < -0.3 is 40.8 Å². The standard InChI is InChI=1S/C52H58N6O7/c1-34-12-13-38(29-40(34)28-35(2)53-33-47(60)43-18-20-46(59)51-44(43)19-21-49(62)57-51)32-55-50(63)30-36-14-16-37(17-15-36)31-54-48(61)24-27-58-25-22-41(23-26-58)65-52(64)56-45-11-7-6-10-42(45)39-8-4-3-5-9-39/h3-21,29,35,41,47,53,59-60H,22-28,30-33H2,1-2H3,(H,54,61)(H,55,63)(H,56,64)(H,57,62)/t35?,47-/m1/s1. The van der Waals surface area contributed by atoms with Crippen molar-refractivity contribution in [1.29, 1.82) is 0 Å². The molecule has 1 aliphatic heterocycles. The zero-order chi connectivity index (χ0) is 45.7. The number of nitrogens with zero attached hydrogens (tertiary/aromatic N) is 1. The minimum absolute atomic E-state index is 0.0292. The number of aromatic nitrogens is 1. The summed E-state index contributed by atoms with van der Waals surface area (Å²) in [6.45, 7) is 7.28. The molecule has 2 heterocycles. The third-order valence-electron chi connectivity index (χ3n) is 11.9. The number of ether oxygens (including phenoxy) is 1. The fourth-order valence-electron chi connectivity index (χ4n) is 8.20. The summed E-state index contributed by atoms with van der Waals surface area (Å²) < 4.78 is 5.76. The fraction of sp³-hybridized carbons (Fsp3) is 0.308. The van der Waals surface area contributed by atoms with Crippen molar-refractivity contribution in [3.05, 3.63) is 165 Å². The van der Waals surface area contributed by atoms with Crippen molar-refractivity contribution in [3.63, 3.8) is 0 Å². The van der Waals surface area contributed by atoms with E-state index in [1.165, 1.54) is 12.1 Å². The third-order valence-corrected chi connectivity index (χ3v) is 11.9. The Morgan fingerprint density at radius 1 is 0.815 bits per heavy atom. The van der Waals surface area contributed by atoms with Crippen LogP contribution in [0.1, 0.15) is 65.7 Å². The van der Waals surface area contributed by atoms with E-state index < -0.39 is 12.2 Å². The number of likely N-dealkylation sites (tertiary alicyclic amines) is 1. The number of pyridine rings is 1. The van der Waals surface area contributed by atoms with E-state index in [-0.39, 0.29) is 48.2 Å². The molecule has 1 aromatic heterocycles. The Kier molecular flexibility index (Phi) is 15.8. The first kappa shape index (κ1) is 46.2. The van der Waals surface area contributed by atoms with Gasteiger partial charge in [0, 0.05) is 68.7 Å². The van der Waals surface area contributed by atoms with Gasteiger partial charge >= 0.3 is 6.09 Å². The van der Waals surface area contributed by atoms with Crippen LogP contribution in [0.5, 0.6) is 5.75 Å². The van der Waals surface area contributed by atoms with E-state index in [1.807, 2.05) is 91.9 Å². The number of amides is 3. The molecule has 0 radical (unpaired) electrons. The number of aryl methyl sites for hydroxylation is 1. The molecule has 1 unspecified atom stereocenters. The number of hydrogen-bond donors (Lipinski definition) is 7. The van der Waals surface area contributed by atoms with Gasteiger partial charge in [-0.25, -0.2) is 4.79 Å². The highest BCUT2D eigenvalue weighted by Crippen LogP contribution is 2.30. The molecule has 5 aromatic carbocycles. The van der Waals surface area contributed by atoms with Crippen LogP contribution < -0.4 is 26.8 Å². The van der Waals surface area contributed by atoms with Crippen molar-refractivity contribution in [1.82, 2.24) is 25.8 Å². The molecule has 1 saturated heterocycles. The number of nitrogens with one attached hydrogen (secondary N) is 5. The summed E-state index contributed by atoms with van der Waals surface area (Å²) in [7, 11) is 0. The first-order chi connectivity index (χ1) is 31.5. The second-order valence-electron chi connectivity index (χ2n) is 16.9. The van der Waals surface area contributed by atoms with Gasteiger partial charge in [0.15, 0.2) is 0 Å². The Balaban J connectivity index is 0.772. The molecule has 13 nitrogen and oxygen atoms in total. The van der Waals surface area contributed by atoms with E-state index in [0.29, 0.717) is 67.5 Å². The van der Waals surface area contributed by atoms with Crippen molar-refractivity contribution < 1.29 is 29.3 Å². The molecule has 2 atom stereocenters. The lowest BCUT2D eigenvalue weighted by Crippen LogP contribution is -2.40. The largest absolute Gasteiger partial charge is 0.506 e. The number of aromatic amines is 1. The molecule has 1 fully saturated rings. The predicted molar refractivity (Wildman–Crippen MR) is 253 cm³/mol. The number of fused-ring (bicyclic) bond motifs is 1. The second kappa shape index (κ2) is 22.2. The summed E-state index contributed by atoms with van der Waals surface area (Å²) >= 11 is 0. The molecular weight excluding hydrogens is 821 g/mol. The van der Waals surface area contributed by atoms with E-state index >= 15 is 0 Å². The Bertz CT molecular complexity index is 2630. The number of carbonyl (C=O) groups excluding carboxylic acids is 3. The van der Waals surface area contributed by atoms with Crippen LogP contribution in [0.2, 0.25) is 0 Å². The van der Waals surface area contributed by atoms with Crippen molar-refractivity contribution in [2.75, 3.05) is 31.5 Å². The average molecular weight is 879 g/mol. The van der Waals surface area contributed by atoms with Crippen LogP contribution in [0, 0.1) is 6.92 Å². The molecule has 0 aliphatic carbocycles. The van der Waals surface area contributed by atoms with Gasteiger partial charge in [-0.3, -0.25) is 19.7 Å². The maximum atomic E-state index is 12.9. The number of benzene rings is 5. The van der Waals surface area contributed by atoms with Crippen LogP contribution in [0.4, 0.5) is 10.5 Å². The van der Waals surface area contributed by atoms with E-state index in [4.69, 9.17) is 4.74 Å². The molecule has 0 saturated carbocycles. The van der Waals surface area contributed by atoms with Crippen LogP contribution in [0.15, 0.2) is 126 Å². The zero-order valence-electron chi connectivity index (χ0n) is 36.9. The number of hydrogen-bond acceptors (Lipinski definition) is 9. The lowest BCUT2D eigenvalue weighted by Gasteiger charge is -2.31. The van der Waals surface area contributed by atoms with Crippen molar-refractivity contribution in [2.45, 2.75) is 77.3 Å². The van der Waals surface area contributed by atoms with Crippen molar-refractivity contribution >= 4 is 34.5 Å². The highest BCUT2D eigenvalue weighted by Gasteiger charge is 2.23. The molecule has 1 aliphatic rings. The van der Waals surface area contributed by atoms with E-state index in [1.54, 1.807) is 12.1 Å². The van der Waals surface area contributed by atoms with Crippen LogP contribution in [-0.2, 0) is 40.3 Å². The lowest BCUT2D eigenvalue weighted by atomic mass is 9.98. The summed E-state index contributed by atoms with van der Waals surface area (Å²) in [6.07, 6.45) is 1.21. The van der Waals surface area contributed by atoms with Crippen molar-refractivity contribution in [3.8, 4) is 16.9 Å². The number of para-hydroxylation sites is 1. The van der Waals surface area contributed by atoms with Gasteiger partial charge in [-0.2, -0.15) is 0 Å². The Labute approximate surface area is 379 Å². The number of rotatable bonds is 18. The summed E-state index contributed by atoms with van der Waals surface area (Å²) in [6, 6.07) is 37.6. The van der Waals surface area contributed by atoms with Gasteiger partial charge in [0.05, 0.1) is 23.7 Å². The first-order valence-electron chi connectivity index (χ1n) is 22.3. The Hall–Kier alpha value is -6.80. The topological polar surface area (TPSA) is 185 Å². The van der Waals surface area contributed by atoms with Crippen LogP contribution >= 0.6 is 0 Å². The van der Waals surface area contributed by atoms with Gasteiger partial charge in [0.1, 0.15) is 11.9 Å². The first-order valence-corrected chi connectivity index (χ1v) is 22.3. The highest BCUT2D eigenvalue weighted by molar-refractivity contribution is 5.91. The van der Waals surface area contributed by atoms with E-state index in [9.17, 15) is 29.4 Å². The number of piperidine rings is 1. The number of phenols is 1. The Morgan fingerprint density at radius 2 is 1.51 bits per heavy atom. The predicted octanol–water partition coefficient (Wildman–Crippen LogP) is 7.04. The number of phenolic OH excluding ortho intramolecular Hbond substituents is 1. The van der Waals surface area contributed by atoms with Gasteiger partial charge in [-0.15, -0.1) is 0 Å². The van der Waals surface area contributed by atoms with Gasteiger partial charge in [0.25, 0.3) is 0 Å². The number of aliphatic hydroxyl groups is 1.